The van der Waals surface area contributed by atoms with Crippen molar-refractivity contribution in [2.75, 3.05) is 0 Å². The van der Waals surface area contributed by atoms with E-state index in [1.807, 2.05) is 0 Å². The third-order valence-corrected chi connectivity index (χ3v) is 1.90. The topological polar surface area (TPSA) is 0 Å². The smallest absolute Gasteiger partial charge is 0.134 e. The molecule has 0 nitrogen and oxygen atoms in total. The Hall–Kier alpha value is -1.58. The molecule has 0 unspecified atom stereocenters. The van der Waals surface area contributed by atoms with Gasteiger partial charge in [0, 0.05) is 22.9 Å². The number of halogens is 4. The predicted octanol–water partition coefficient (Wildman–Crippen LogP) is 3.40. The van der Waals surface area contributed by atoms with Crippen LogP contribution in [-0.2, 0) is 0 Å². The molecule has 0 saturated heterocycles. The van der Waals surface area contributed by atoms with Gasteiger partial charge in [-0.1, -0.05) is 0 Å². The Labute approximate surface area is 76.8 Å². The van der Waals surface area contributed by atoms with E-state index in [1.165, 1.54) is 0 Å². The fourth-order valence-electron chi connectivity index (χ4n) is 1.31. The van der Waals surface area contributed by atoms with Crippen LogP contribution >= 0.6 is 0 Å². The highest BCUT2D eigenvalue weighted by atomic mass is 19.1. The third-order valence-electron chi connectivity index (χ3n) is 1.90. The van der Waals surface area contributed by atoms with Crippen molar-refractivity contribution in [1.29, 1.82) is 0 Å². The van der Waals surface area contributed by atoms with Crippen molar-refractivity contribution in [1.82, 2.24) is 0 Å². The molecule has 2 aromatic rings. The van der Waals surface area contributed by atoms with E-state index >= 15 is 0 Å². The van der Waals surface area contributed by atoms with Gasteiger partial charge in [0.1, 0.15) is 23.3 Å². The fourth-order valence-corrected chi connectivity index (χ4v) is 1.31. The highest BCUT2D eigenvalue weighted by molar-refractivity contribution is 5.83. The van der Waals surface area contributed by atoms with Gasteiger partial charge in [-0.05, 0) is 12.1 Å². The van der Waals surface area contributed by atoms with Gasteiger partial charge in [-0.3, -0.25) is 0 Å². The maximum absolute atomic E-state index is 13.0. The maximum Gasteiger partial charge on any atom is 0.134 e. The number of fused-ring (bicyclic) bond motifs is 1. The lowest BCUT2D eigenvalue weighted by Gasteiger charge is -2.01. The summed E-state index contributed by atoms with van der Waals surface area (Å²) < 4.78 is 51.4. The van der Waals surface area contributed by atoms with E-state index in [0.29, 0.717) is 12.1 Å². The molecule has 2 rings (SSSR count). The van der Waals surface area contributed by atoms with Crippen LogP contribution in [0.3, 0.4) is 0 Å². The summed E-state index contributed by atoms with van der Waals surface area (Å²) in [4.78, 5) is 0. The van der Waals surface area contributed by atoms with E-state index in [2.05, 4.69) is 0 Å². The first-order valence-corrected chi connectivity index (χ1v) is 3.82. The number of hydrogen-bond donors (Lipinski definition) is 0. The standard InChI is InChI=1S/C10H4F4/c11-5-1-7-8(10(14)3-5)2-6(12)4-9(7)13/h1-4H. The van der Waals surface area contributed by atoms with Crippen molar-refractivity contribution < 1.29 is 17.6 Å². The van der Waals surface area contributed by atoms with E-state index < -0.39 is 23.3 Å². The van der Waals surface area contributed by atoms with Crippen LogP contribution in [0.15, 0.2) is 24.3 Å². The summed E-state index contributed by atoms with van der Waals surface area (Å²) in [7, 11) is 0. The molecule has 0 aromatic heterocycles. The van der Waals surface area contributed by atoms with Gasteiger partial charge < -0.3 is 0 Å². The molecule has 0 aliphatic carbocycles. The van der Waals surface area contributed by atoms with E-state index in [0.717, 1.165) is 12.1 Å². The second-order valence-electron chi connectivity index (χ2n) is 2.87. The van der Waals surface area contributed by atoms with Gasteiger partial charge in [0.15, 0.2) is 0 Å². The monoisotopic (exact) mass is 200 g/mol. The van der Waals surface area contributed by atoms with Crippen molar-refractivity contribution in [3.05, 3.63) is 47.5 Å². The van der Waals surface area contributed by atoms with E-state index in [1.54, 1.807) is 0 Å². The average molecular weight is 200 g/mol. The van der Waals surface area contributed by atoms with E-state index in [9.17, 15) is 17.6 Å². The van der Waals surface area contributed by atoms with Crippen LogP contribution in [0.4, 0.5) is 17.6 Å². The molecule has 0 heterocycles. The molecule has 0 amide bonds. The van der Waals surface area contributed by atoms with Gasteiger partial charge in [0.05, 0.1) is 0 Å². The van der Waals surface area contributed by atoms with Gasteiger partial charge in [0.2, 0.25) is 0 Å². The van der Waals surface area contributed by atoms with Gasteiger partial charge in [-0.2, -0.15) is 0 Å². The quantitative estimate of drug-likeness (QED) is 0.572. The minimum atomic E-state index is -0.974. The molecule has 0 N–H and O–H groups in total. The number of rotatable bonds is 0. The Kier molecular flexibility index (Phi) is 1.91. The lowest BCUT2D eigenvalue weighted by Crippen LogP contribution is -1.89. The van der Waals surface area contributed by atoms with Crippen molar-refractivity contribution in [3.8, 4) is 0 Å². The highest BCUT2D eigenvalue weighted by Crippen LogP contribution is 2.23. The molecule has 4 heteroatoms. The third kappa shape index (κ3) is 1.32. The second-order valence-corrected chi connectivity index (χ2v) is 2.87. The Morgan fingerprint density at radius 3 is 1.29 bits per heavy atom. The molecule has 0 spiro atoms. The summed E-state index contributed by atoms with van der Waals surface area (Å²) in [6.45, 7) is 0. The number of hydrogen-bond acceptors (Lipinski definition) is 0. The second kappa shape index (κ2) is 2.97. The first-order valence-electron chi connectivity index (χ1n) is 3.82. The molecular weight excluding hydrogens is 196 g/mol. The number of benzene rings is 2. The van der Waals surface area contributed by atoms with Gasteiger partial charge in [-0.15, -0.1) is 0 Å². The predicted molar refractivity (Wildman–Crippen MR) is 43.8 cm³/mol. The van der Waals surface area contributed by atoms with Crippen molar-refractivity contribution in [2.45, 2.75) is 0 Å². The van der Waals surface area contributed by atoms with Crippen LogP contribution in [0.25, 0.3) is 10.8 Å². The molecule has 0 aliphatic rings. The maximum atomic E-state index is 13.0. The Bertz CT molecular complexity index is 458. The molecule has 0 aliphatic heterocycles. The molecule has 0 atom stereocenters. The minimum Gasteiger partial charge on any atom is -0.207 e. The molecule has 2 aromatic carbocycles. The zero-order chi connectivity index (χ0) is 10.3. The summed E-state index contributed by atoms with van der Waals surface area (Å²) in [5.41, 5.74) is 0. The van der Waals surface area contributed by atoms with Gasteiger partial charge in [-0.25, -0.2) is 17.6 Å². The van der Waals surface area contributed by atoms with Crippen LogP contribution in [0.5, 0.6) is 0 Å². The molecular formula is C10H4F4. The fraction of sp³-hybridized carbons (Fsp3) is 0. The van der Waals surface area contributed by atoms with E-state index in [4.69, 9.17) is 0 Å². The van der Waals surface area contributed by atoms with Gasteiger partial charge in [0.25, 0.3) is 0 Å². The lowest BCUT2D eigenvalue weighted by molar-refractivity contribution is 0.575. The van der Waals surface area contributed by atoms with Crippen molar-refractivity contribution >= 4 is 10.8 Å². The SMILES string of the molecule is Fc1cc(F)c2cc(F)cc(F)c2c1. The zero-order valence-corrected chi connectivity index (χ0v) is 6.82. The minimum absolute atomic E-state index is 0.260. The lowest BCUT2D eigenvalue weighted by atomic mass is 10.1. The van der Waals surface area contributed by atoms with Crippen LogP contribution in [0.2, 0.25) is 0 Å². The summed E-state index contributed by atoms with van der Waals surface area (Å²) in [6.07, 6.45) is 0. The van der Waals surface area contributed by atoms with Crippen LogP contribution in [-0.4, -0.2) is 0 Å². The first-order chi connectivity index (χ1) is 6.58. The Balaban J connectivity index is 2.94. The van der Waals surface area contributed by atoms with Crippen LogP contribution in [0, 0.1) is 23.3 Å². The molecule has 72 valence electrons. The summed E-state index contributed by atoms with van der Waals surface area (Å²) in [5, 5.41) is -0.521. The largest absolute Gasteiger partial charge is 0.207 e. The van der Waals surface area contributed by atoms with Gasteiger partial charge >= 0.3 is 0 Å². The van der Waals surface area contributed by atoms with Crippen LogP contribution in [0.1, 0.15) is 0 Å². The normalized spacial score (nSPS) is 10.9. The molecule has 0 saturated carbocycles. The molecule has 14 heavy (non-hydrogen) atoms. The molecule has 0 radical (unpaired) electrons. The Morgan fingerprint density at radius 2 is 0.929 bits per heavy atom. The molecule has 0 bridgehead atoms. The average Bonchev–Trinajstić information content (AvgIpc) is 2.07. The zero-order valence-electron chi connectivity index (χ0n) is 6.82. The van der Waals surface area contributed by atoms with Crippen molar-refractivity contribution in [3.63, 3.8) is 0 Å². The van der Waals surface area contributed by atoms with Crippen LogP contribution < -0.4 is 0 Å². The summed E-state index contributed by atoms with van der Waals surface area (Å²) in [6, 6.07) is 2.82. The van der Waals surface area contributed by atoms with Crippen molar-refractivity contribution in [2.24, 2.45) is 0 Å². The summed E-state index contributed by atoms with van der Waals surface area (Å²) in [5.74, 6) is -3.72. The first kappa shape index (κ1) is 8.99. The highest BCUT2D eigenvalue weighted by Gasteiger charge is 2.09. The Morgan fingerprint density at radius 1 is 0.571 bits per heavy atom. The van der Waals surface area contributed by atoms with E-state index in [-0.39, 0.29) is 10.8 Å². The summed E-state index contributed by atoms with van der Waals surface area (Å²) >= 11 is 0. The molecule has 0 fully saturated rings.